The summed E-state index contributed by atoms with van der Waals surface area (Å²) in [7, 11) is 0. The molecule has 0 fully saturated rings. The number of nitrogen functional groups attached to an aromatic ring is 1. The van der Waals surface area contributed by atoms with Gasteiger partial charge >= 0.3 is 0 Å². The van der Waals surface area contributed by atoms with Crippen molar-refractivity contribution < 1.29 is 0 Å². The molecular weight excluding hydrogens is 262 g/mol. The van der Waals surface area contributed by atoms with E-state index in [4.69, 9.17) is 11.0 Å². The third-order valence-corrected chi connectivity index (χ3v) is 3.18. The van der Waals surface area contributed by atoms with Crippen LogP contribution >= 0.6 is 0 Å². The maximum Gasteiger partial charge on any atom is 0.145 e. The molecule has 2 heterocycles. The number of benzene rings is 1. The molecule has 0 aliphatic rings. The second kappa shape index (κ2) is 5.47. The Kier molecular flexibility index (Phi) is 3.36. The second-order valence-electron chi connectivity index (χ2n) is 4.67. The predicted octanol–water partition coefficient (Wildman–Crippen LogP) is 2.45. The molecule has 0 amide bonds. The molecule has 2 N–H and O–H groups in total. The van der Waals surface area contributed by atoms with Gasteiger partial charge in [-0.3, -0.25) is 4.68 Å². The van der Waals surface area contributed by atoms with E-state index in [2.05, 4.69) is 16.2 Å². The number of nitrogens with two attached hydrogens (primary N) is 1. The molecule has 3 aromatic rings. The highest BCUT2D eigenvalue weighted by Gasteiger charge is 2.06. The molecule has 0 unspecified atom stereocenters. The van der Waals surface area contributed by atoms with Gasteiger partial charge in [0.15, 0.2) is 0 Å². The molecular formula is C16H13N5. The van der Waals surface area contributed by atoms with Gasteiger partial charge in [0.05, 0.1) is 12.7 Å². The van der Waals surface area contributed by atoms with Crippen molar-refractivity contribution >= 4 is 5.69 Å². The van der Waals surface area contributed by atoms with Crippen LogP contribution in [0, 0.1) is 11.3 Å². The van der Waals surface area contributed by atoms with Gasteiger partial charge < -0.3 is 5.73 Å². The number of nitriles is 1. The minimum atomic E-state index is 0.429. The first-order valence-corrected chi connectivity index (χ1v) is 6.48. The van der Waals surface area contributed by atoms with Crippen LogP contribution in [-0.4, -0.2) is 14.8 Å². The second-order valence-corrected chi connectivity index (χ2v) is 4.67. The van der Waals surface area contributed by atoms with E-state index in [9.17, 15) is 0 Å². The molecule has 102 valence electrons. The predicted molar refractivity (Wildman–Crippen MR) is 80.1 cm³/mol. The van der Waals surface area contributed by atoms with E-state index in [1.165, 1.54) is 0 Å². The van der Waals surface area contributed by atoms with Gasteiger partial charge in [0.25, 0.3) is 0 Å². The average molecular weight is 275 g/mol. The van der Waals surface area contributed by atoms with Crippen LogP contribution in [0.25, 0.3) is 11.1 Å². The molecule has 0 aliphatic carbocycles. The molecule has 0 spiro atoms. The van der Waals surface area contributed by atoms with Crippen molar-refractivity contribution in [2.45, 2.75) is 6.54 Å². The van der Waals surface area contributed by atoms with Crippen LogP contribution in [0.1, 0.15) is 11.3 Å². The van der Waals surface area contributed by atoms with E-state index in [0.29, 0.717) is 12.2 Å². The SMILES string of the molecule is N#Cc1ncccc1Cn1cc(-c2cccc(N)c2)cn1. The van der Waals surface area contributed by atoms with Crippen LogP contribution in [0.4, 0.5) is 5.69 Å². The monoisotopic (exact) mass is 275 g/mol. The highest BCUT2D eigenvalue weighted by atomic mass is 15.3. The summed E-state index contributed by atoms with van der Waals surface area (Å²) in [5.41, 5.74) is 9.80. The molecule has 3 rings (SSSR count). The zero-order valence-corrected chi connectivity index (χ0v) is 11.3. The molecule has 2 aromatic heterocycles. The van der Waals surface area contributed by atoms with Crippen LogP contribution in [-0.2, 0) is 6.54 Å². The molecule has 21 heavy (non-hydrogen) atoms. The molecule has 0 atom stereocenters. The Hall–Kier alpha value is -3.13. The first-order valence-electron chi connectivity index (χ1n) is 6.48. The Morgan fingerprint density at radius 2 is 2.10 bits per heavy atom. The number of hydrogen-bond donors (Lipinski definition) is 1. The lowest BCUT2D eigenvalue weighted by Crippen LogP contribution is -2.03. The summed E-state index contributed by atoms with van der Waals surface area (Å²) in [6.07, 6.45) is 5.34. The number of aromatic nitrogens is 3. The zero-order valence-electron chi connectivity index (χ0n) is 11.3. The Morgan fingerprint density at radius 3 is 2.90 bits per heavy atom. The normalized spacial score (nSPS) is 10.2. The molecule has 5 nitrogen and oxygen atoms in total. The van der Waals surface area contributed by atoms with E-state index >= 15 is 0 Å². The third kappa shape index (κ3) is 2.74. The van der Waals surface area contributed by atoms with E-state index in [-0.39, 0.29) is 0 Å². The summed E-state index contributed by atoms with van der Waals surface area (Å²) in [6.45, 7) is 0.513. The number of rotatable bonds is 3. The molecule has 1 aromatic carbocycles. The lowest BCUT2D eigenvalue weighted by molar-refractivity contribution is 0.683. The van der Waals surface area contributed by atoms with Crippen molar-refractivity contribution in [3.8, 4) is 17.2 Å². The Labute approximate surface area is 122 Å². The van der Waals surface area contributed by atoms with Crippen molar-refractivity contribution in [1.82, 2.24) is 14.8 Å². The maximum absolute atomic E-state index is 9.05. The topological polar surface area (TPSA) is 80.5 Å². The molecule has 5 heteroatoms. The fourth-order valence-electron chi connectivity index (χ4n) is 2.16. The summed E-state index contributed by atoms with van der Waals surface area (Å²) in [4.78, 5) is 4.05. The standard InChI is InChI=1S/C16H13N5/c17-8-16-13(4-2-6-19-16)10-21-11-14(9-20-21)12-3-1-5-15(18)7-12/h1-7,9,11H,10,18H2. The molecule has 0 radical (unpaired) electrons. The fourth-order valence-corrected chi connectivity index (χ4v) is 2.16. The first kappa shape index (κ1) is 12.9. The van der Waals surface area contributed by atoms with Gasteiger partial charge in [-0.1, -0.05) is 18.2 Å². The van der Waals surface area contributed by atoms with Crippen molar-refractivity contribution in [3.05, 3.63) is 66.2 Å². The number of pyridine rings is 1. The smallest absolute Gasteiger partial charge is 0.145 e. The van der Waals surface area contributed by atoms with Crippen LogP contribution in [0.3, 0.4) is 0 Å². The Balaban J connectivity index is 1.88. The van der Waals surface area contributed by atoms with E-state index < -0.39 is 0 Å². The largest absolute Gasteiger partial charge is 0.399 e. The Bertz CT molecular complexity index is 813. The molecule has 0 saturated carbocycles. The van der Waals surface area contributed by atoms with Gasteiger partial charge in [-0.05, 0) is 23.8 Å². The molecule has 0 saturated heterocycles. The fraction of sp³-hybridized carbons (Fsp3) is 0.0625. The van der Waals surface area contributed by atoms with Crippen LogP contribution < -0.4 is 5.73 Å². The molecule has 0 bridgehead atoms. The minimum absolute atomic E-state index is 0.429. The third-order valence-electron chi connectivity index (χ3n) is 3.18. The zero-order chi connectivity index (χ0) is 14.7. The Morgan fingerprint density at radius 1 is 1.19 bits per heavy atom. The summed E-state index contributed by atoms with van der Waals surface area (Å²) >= 11 is 0. The highest BCUT2D eigenvalue weighted by molar-refractivity contribution is 5.65. The maximum atomic E-state index is 9.05. The van der Waals surface area contributed by atoms with E-state index in [1.807, 2.05) is 42.6 Å². The van der Waals surface area contributed by atoms with Gasteiger partial charge in [-0.2, -0.15) is 10.4 Å². The van der Waals surface area contributed by atoms with Crippen molar-refractivity contribution in [1.29, 1.82) is 5.26 Å². The van der Waals surface area contributed by atoms with Crippen LogP contribution in [0.2, 0.25) is 0 Å². The first-order chi connectivity index (χ1) is 10.3. The van der Waals surface area contributed by atoms with Gasteiger partial charge in [-0.25, -0.2) is 4.98 Å². The summed E-state index contributed by atoms with van der Waals surface area (Å²) in [5.74, 6) is 0. The lowest BCUT2D eigenvalue weighted by atomic mass is 10.1. The van der Waals surface area contributed by atoms with Gasteiger partial charge in [0, 0.05) is 29.2 Å². The van der Waals surface area contributed by atoms with Gasteiger partial charge in [0.2, 0.25) is 0 Å². The lowest BCUT2D eigenvalue weighted by Gasteiger charge is -2.03. The van der Waals surface area contributed by atoms with Crippen LogP contribution in [0.5, 0.6) is 0 Å². The minimum Gasteiger partial charge on any atom is -0.399 e. The number of hydrogen-bond acceptors (Lipinski definition) is 4. The average Bonchev–Trinajstić information content (AvgIpc) is 2.96. The van der Waals surface area contributed by atoms with Crippen molar-refractivity contribution in [2.24, 2.45) is 0 Å². The van der Waals surface area contributed by atoms with Gasteiger partial charge in [0.1, 0.15) is 11.8 Å². The van der Waals surface area contributed by atoms with Crippen molar-refractivity contribution in [3.63, 3.8) is 0 Å². The quantitative estimate of drug-likeness (QED) is 0.744. The summed E-state index contributed by atoms with van der Waals surface area (Å²) < 4.78 is 1.79. The van der Waals surface area contributed by atoms with Gasteiger partial charge in [-0.15, -0.1) is 0 Å². The number of anilines is 1. The van der Waals surface area contributed by atoms with Crippen molar-refractivity contribution in [2.75, 3.05) is 5.73 Å². The molecule has 0 aliphatic heterocycles. The van der Waals surface area contributed by atoms with E-state index in [0.717, 1.165) is 22.4 Å². The summed E-state index contributed by atoms with van der Waals surface area (Å²) in [6, 6.07) is 13.5. The van der Waals surface area contributed by atoms with Crippen LogP contribution in [0.15, 0.2) is 55.0 Å². The highest BCUT2D eigenvalue weighted by Crippen LogP contribution is 2.21. The van der Waals surface area contributed by atoms with E-state index in [1.54, 1.807) is 17.1 Å². The summed E-state index contributed by atoms with van der Waals surface area (Å²) in [5, 5.41) is 13.4. The number of nitrogens with zero attached hydrogens (tertiary/aromatic N) is 4.